The zero-order valence-electron chi connectivity index (χ0n) is 27.7. The second-order valence-electron chi connectivity index (χ2n) is 11.9. The lowest BCUT2D eigenvalue weighted by atomic mass is 9.81. The van der Waals surface area contributed by atoms with Crippen LogP contribution in [0.15, 0.2) is 152 Å². The number of hydrogen-bond acceptors (Lipinski definition) is 7. The van der Waals surface area contributed by atoms with Crippen molar-refractivity contribution >= 4 is 39.5 Å². The average Bonchev–Trinajstić information content (AvgIpc) is 3.55. The van der Waals surface area contributed by atoms with Gasteiger partial charge in [0.2, 0.25) is 5.90 Å². The summed E-state index contributed by atoms with van der Waals surface area (Å²) in [6.07, 6.45) is -0.0774. The Labute approximate surface area is 309 Å². The molecule has 258 valence electrons. The summed E-state index contributed by atoms with van der Waals surface area (Å²) in [7, 11) is 0. The van der Waals surface area contributed by atoms with Gasteiger partial charge in [-0.2, -0.15) is 0 Å². The molecule has 5 aromatic rings. The largest absolute Gasteiger partial charge is 0.494 e. The Kier molecular flexibility index (Phi) is 12.1. The minimum atomic E-state index is -1.44. The number of azide groups is 1. The van der Waals surface area contributed by atoms with Crippen molar-refractivity contribution in [3.63, 3.8) is 0 Å². The van der Waals surface area contributed by atoms with Crippen molar-refractivity contribution in [1.82, 2.24) is 5.32 Å². The summed E-state index contributed by atoms with van der Waals surface area (Å²) in [5, 5.41) is 16.2. The molecule has 0 spiro atoms. The van der Waals surface area contributed by atoms with Crippen LogP contribution in [0.5, 0.6) is 5.75 Å². The smallest absolute Gasteiger partial charge is 0.252 e. The first-order chi connectivity index (χ1) is 25.0. The molecule has 1 aliphatic heterocycles. The molecule has 2 N–H and O–H groups in total. The van der Waals surface area contributed by atoms with Gasteiger partial charge in [0.1, 0.15) is 5.75 Å². The van der Waals surface area contributed by atoms with Crippen LogP contribution in [0, 0.1) is 0 Å². The maximum absolute atomic E-state index is 14.9. The quantitative estimate of drug-likeness (QED) is 0.0476. The molecule has 0 unspecified atom stereocenters. The molecule has 0 radical (unpaired) electrons. The van der Waals surface area contributed by atoms with E-state index in [0.717, 1.165) is 36.5 Å². The molecular weight excluding hydrogens is 726 g/mol. The van der Waals surface area contributed by atoms with Crippen LogP contribution in [0.4, 0.5) is 0 Å². The highest BCUT2D eigenvalue weighted by Gasteiger charge is 2.53. The lowest BCUT2D eigenvalue weighted by molar-refractivity contribution is -0.129. The third-order valence-corrected chi connectivity index (χ3v) is 10.1. The van der Waals surface area contributed by atoms with Crippen molar-refractivity contribution in [3.05, 3.63) is 170 Å². The van der Waals surface area contributed by atoms with Crippen molar-refractivity contribution in [3.8, 4) is 5.75 Å². The monoisotopic (exact) mass is 761 g/mol. The number of halogens is 1. The molecule has 0 aliphatic carbocycles. The molecular formula is C40H36BrN5O4S. The number of rotatable bonds is 15. The molecule has 0 aromatic heterocycles. The van der Waals surface area contributed by atoms with Crippen LogP contribution in [-0.2, 0) is 29.0 Å². The van der Waals surface area contributed by atoms with Crippen LogP contribution in [0.1, 0.15) is 40.3 Å². The molecule has 0 saturated carbocycles. The van der Waals surface area contributed by atoms with Crippen LogP contribution in [-0.4, -0.2) is 35.7 Å². The number of nitrogens with one attached hydrogen (secondary N) is 1. The number of ether oxygens (including phenoxy) is 2. The molecule has 9 nitrogen and oxygen atoms in total. The standard InChI is InChI=1S/C40H36BrN5O4S/c41-33-19-15-28(16-20-33)37-40(25-30-9-4-5-10-31(30)27-44-46-42,45-38(50-37)29-17-21-34(22-18-29)49-24-8-23-47)39(48)43-26-32-11-6-7-14-36(32)51-35-12-2-1-3-13-35/h1-7,9-22,37,47H,8,23-27H2,(H,43,48)/t37-,40-/m1/s1. The zero-order chi connectivity index (χ0) is 35.5. The van der Waals surface area contributed by atoms with E-state index in [0.29, 0.717) is 30.2 Å². The highest BCUT2D eigenvalue weighted by molar-refractivity contribution is 9.10. The maximum atomic E-state index is 14.9. The van der Waals surface area contributed by atoms with E-state index in [1.165, 1.54) is 0 Å². The number of carbonyl (C=O) groups is 1. The Morgan fingerprint density at radius 1 is 0.922 bits per heavy atom. The summed E-state index contributed by atoms with van der Waals surface area (Å²) in [6.45, 7) is 0.847. The van der Waals surface area contributed by atoms with Crippen LogP contribution in [0.3, 0.4) is 0 Å². The van der Waals surface area contributed by atoms with E-state index in [-0.39, 0.29) is 32.0 Å². The minimum Gasteiger partial charge on any atom is -0.494 e. The molecule has 2 atom stereocenters. The second kappa shape index (κ2) is 17.2. The molecule has 0 bridgehead atoms. The summed E-state index contributed by atoms with van der Waals surface area (Å²) >= 11 is 5.18. The van der Waals surface area contributed by atoms with Gasteiger partial charge in [-0.3, -0.25) is 4.79 Å². The van der Waals surface area contributed by atoms with Gasteiger partial charge in [-0.25, -0.2) is 4.99 Å². The van der Waals surface area contributed by atoms with E-state index in [9.17, 15) is 4.79 Å². The molecule has 51 heavy (non-hydrogen) atoms. The summed E-state index contributed by atoms with van der Waals surface area (Å²) in [6, 6.07) is 40.8. The molecule has 6 rings (SSSR count). The lowest BCUT2D eigenvalue weighted by Gasteiger charge is -2.31. The molecule has 1 amide bonds. The third kappa shape index (κ3) is 8.82. The molecule has 5 aromatic carbocycles. The fraction of sp³-hybridized carbons (Fsp3) is 0.200. The van der Waals surface area contributed by atoms with Gasteiger partial charge in [0.05, 0.1) is 13.2 Å². The highest BCUT2D eigenvalue weighted by Crippen LogP contribution is 2.43. The summed E-state index contributed by atoms with van der Waals surface area (Å²) in [4.78, 5) is 25.2. The number of carbonyl (C=O) groups excluding carboxylic acids is 1. The number of aliphatic hydroxyl groups is 1. The molecule has 1 heterocycles. The summed E-state index contributed by atoms with van der Waals surface area (Å²) in [5.74, 6) is 0.679. The van der Waals surface area contributed by atoms with Gasteiger partial charge in [-0.15, -0.1) is 0 Å². The van der Waals surface area contributed by atoms with E-state index in [1.807, 2.05) is 109 Å². The van der Waals surface area contributed by atoms with Crippen molar-refractivity contribution in [2.45, 2.75) is 47.4 Å². The summed E-state index contributed by atoms with van der Waals surface area (Å²) in [5.41, 5.74) is 11.7. The lowest BCUT2D eigenvalue weighted by Crippen LogP contribution is -2.49. The predicted molar refractivity (Wildman–Crippen MR) is 203 cm³/mol. The first-order valence-corrected chi connectivity index (χ1v) is 18.1. The van der Waals surface area contributed by atoms with Crippen molar-refractivity contribution in [2.75, 3.05) is 13.2 Å². The zero-order valence-corrected chi connectivity index (χ0v) is 30.1. The van der Waals surface area contributed by atoms with E-state index < -0.39 is 11.6 Å². The van der Waals surface area contributed by atoms with E-state index >= 15 is 0 Å². The first kappa shape index (κ1) is 35.8. The van der Waals surface area contributed by atoms with E-state index in [1.54, 1.807) is 11.8 Å². The molecule has 11 heteroatoms. The predicted octanol–water partition coefficient (Wildman–Crippen LogP) is 8.99. The van der Waals surface area contributed by atoms with Gasteiger partial charge in [0, 0.05) is 50.7 Å². The number of aliphatic imine (C=N–C) groups is 1. The number of nitrogens with zero attached hydrogens (tertiary/aromatic N) is 4. The van der Waals surface area contributed by atoms with Crippen molar-refractivity contribution < 1.29 is 19.4 Å². The van der Waals surface area contributed by atoms with E-state index in [4.69, 9.17) is 25.1 Å². The van der Waals surface area contributed by atoms with Gasteiger partial charge >= 0.3 is 0 Å². The van der Waals surface area contributed by atoms with Crippen molar-refractivity contribution in [1.29, 1.82) is 0 Å². The van der Waals surface area contributed by atoms with Crippen LogP contribution in [0.2, 0.25) is 0 Å². The number of hydrogen-bond donors (Lipinski definition) is 2. The van der Waals surface area contributed by atoms with Gasteiger partial charge in [-0.1, -0.05) is 106 Å². The Morgan fingerprint density at radius 2 is 1.61 bits per heavy atom. The fourth-order valence-corrected chi connectivity index (χ4v) is 7.13. The SMILES string of the molecule is [N-]=[N+]=NCc1ccccc1C[C@@]1(C(=O)NCc2ccccc2Sc2ccccc2)N=C(c2ccc(OCCCO)cc2)O[C@@H]1c1ccc(Br)cc1. The molecule has 1 aliphatic rings. The van der Waals surface area contributed by atoms with Gasteiger partial charge in [0.25, 0.3) is 5.91 Å². The topological polar surface area (TPSA) is 129 Å². The average molecular weight is 763 g/mol. The number of aliphatic hydroxyl groups excluding tert-OH is 1. The van der Waals surface area contributed by atoms with Gasteiger partial charge < -0.3 is 19.9 Å². The van der Waals surface area contributed by atoms with Crippen LogP contribution >= 0.6 is 27.7 Å². The highest BCUT2D eigenvalue weighted by atomic mass is 79.9. The maximum Gasteiger partial charge on any atom is 0.252 e. The van der Waals surface area contributed by atoms with E-state index in [2.05, 4.69) is 49.5 Å². The Balaban J connectivity index is 1.40. The number of amides is 1. The molecule has 0 fully saturated rings. The Morgan fingerprint density at radius 3 is 2.33 bits per heavy atom. The van der Waals surface area contributed by atoms with Crippen LogP contribution < -0.4 is 10.1 Å². The second-order valence-corrected chi connectivity index (χ2v) is 13.9. The number of benzene rings is 5. The third-order valence-electron chi connectivity index (χ3n) is 8.47. The Bertz CT molecular complexity index is 2020. The van der Waals surface area contributed by atoms with Gasteiger partial charge in [-0.05, 0) is 82.4 Å². The Hall–Kier alpha value is -5.06. The fourth-order valence-electron chi connectivity index (χ4n) is 5.90. The minimum absolute atomic E-state index is 0.0494. The first-order valence-electron chi connectivity index (χ1n) is 16.5. The van der Waals surface area contributed by atoms with Crippen LogP contribution in [0.25, 0.3) is 10.4 Å². The molecule has 0 saturated heterocycles. The van der Waals surface area contributed by atoms with Crippen molar-refractivity contribution in [2.24, 2.45) is 10.1 Å². The summed E-state index contributed by atoms with van der Waals surface area (Å²) < 4.78 is 13.3. The normalized spacial score (nSPS) is 16.4. The van der Waals surface area contributed by atoms with Gasteiger partial charge in [0.15, 0.2) is 11.6 Å².